The fourth-order valence-corrected chi connectivity index (χ4v) is 2.79. The largest absolute Gasteiger partial charge is 0.382 e. The standard InChI is InChI=1S/C12H21ClN8O3S/c1-5(2)16-10-8(13)17-7(9(14)18-10)11(22)19-12(15)21-25(23,24)20-6(3)4/h5-6,20H,1-4H3,(H3,14,16,18)(H3,15,19,21,22). The number of rotatable bonds is 6. The van der Waals surface area contributed by atoms with Crippen LogP contribution in [0.15, 0.2) is 4.99 Å². The van der Waals surface area contributed by atoms with Crippen LogP contribution in [0.5, 0.6) is 0 Å². The van der Waals surface area contributed by atoms with Crippen LogP contribution in [-0.4, -0.2) is 42.3 Å². The molecule has 0 aromatic carbocycles. The molecule has 1 aromatic rings. The normalized spacial score (nSPS) is 12.5. The molecule has 0 aliphatic heterocycles. The number of guanidine groups is 1. The van der Waals surface area contributed by atoms with Crippen molar-refractivity contribution in [2.24, 2.45) is 10.7 Å². The van der Waals surface area contributed by atoms with Crippen molar-refractivity contribution >= 4 is 45.3 Å². The van der Waals surface area contributed by atoms with E-state index < -0.39 is 22.1 Å². The first-order valence-electron chi connectivity index (χ1n) is 7.19. The highest BCUT2D eigenvalue weighted by molar-refractivity contribution is 7.88. The lowest BCUT2D eigenvalue weighted by Crippen LogP contribution is -2.46. The lowest BCUT2D eigenvalue weighted by atomic mass is 10.3. The number of hydrogen-bond acceptors (Lipinski definition) is 7. The second kappa shape index (κ2) is 8.27. The summed E-state index contributed by atoms with van der Waals surface area (Å²) >= 11 is 5.94. The molecule has 1 rings (SSSR count). The Balaban J connectivity index is 3.02. The van der Waals surface area contributed by atoms with Gasteiger partial charge in [0.15, 0.2) is 22.5 Å². The highest BCUT2D eigenvalue weighted by Gasteiger charge is 2.19. The number of nitrogens with zero attached hydrogens (tertiary/aromatic N) is 3. The van der Waals surface area contributed by atoms with Gasteiger partial charge >= 0.3 is 16.1 Å². The molecule has 1 amide bonds. The van der Waals surface area contributed by atoms with Crippen molar-refractivity contribution in [3.63, 3.8) is 0 Å². The van der Waals surface area contributed by atoms with Gasteiger partial charge < -0.3 is 16.8 Å². The Morgan fingerprint density at radius 2 is 1.80 bits per heavy atom. The Hall–Kier alpha value is -2.18. The van der Waals surface area contributed by atoms with Crippen LogP contribution in [0.2, 0.25) is 5.15 Å². The molecule has 0 aliphatic rings. The molecule has 13 heteroatoms. The van der Waals surface area contributed by atoms with Gasteiger partial charge in [-0.15, -0.1) is 0 Å². The Kier molecular flexibility index (Phi) is 6.90. The van der Waals surface area contributed by atoms with Gasteiger partial charge in [0.2, 0.25) is 5.96 Å². The van der Waals surface area contributed by atoms with E-state index in [1.165, 1.54) is 0 Å². The summed E-state index contributed by atoms with van der Waals surface area (Å²) in [6, 6.07) is -0.355. The summed E-state index contributed by atoms with van der Waals surface area (Å²) in [7, 11) is -3.96. The first-order valence-corrected chi connectivity index (χ1v) is 9.05. The highest BCUT2D eigenvalue weighted by Crippen LogP contribution is 2.21. The average Bonchev–Trinajstić information content (AvgIpc) is 2.39. The third-order valence-electron chi connectivity index (χ3n) is 2.36. The smallest absolute Gasteiger partial charge is 0.302 e. The molecule has 0 bridgehead atoms. The lowest BCUT2D eigenvalue weighted by Gasteiger charge is -2.12. The molecule has 1 heterocycles. The molecule has 0 saturated carbocycles. The molecule has 1 aromatic heterocycles. The van der Waals surface area contributed by atoms with Crippen LogP contribution in [-0.2, 0) is 10.2 Å². The molecule has 0 aliphatic carbocycles. The Labute approximate surface area is 150 Å². The quantitative estimate of drug-likeness (QED) is 0.326. The molecule has 140 valence electrons. The second-order valence-corrected chi connectivity index (χ2v) is 7.38. The molecule has 0 radical (unpaired) electrons. The van der Waals surface area contributed by atoms with Gasteiger partial charge in [0, 0.05) is 12.1 Å². The van der Waals surface area contributed by atoms with E-state index in [2.05, 4.69) is 25.0 Å². The number of nitrogen functional groups attached to an aromatic ring is 1. The number of nitrogens with two attached hydrogens (primary N) is 2. The molecule has 25 heavy (non-hydrogen) atoms. The van der Waals surface area contributed by atoms with Gasteiger partial charge in [0.05, 0.1) is 0 Å². The molecule has 0 unspecified atom stereocenters. The van der Waals surface area contributed by atoms with Crippen molar-refractivity contribution in [3.8, 4) is 0 Å². The topological polar surface area (TPSA) is 177 Å². The predicted molar refractivity (Wildman–Crippen MR) is 96.5 cm³/mol. The second-order valence-electron chi connectivity index (χ2n) is 5.58. The lowest BCUT2D eigenvalue weighted by molar-refractivity contribution is 0.0998. The third-order valence-corrected chi connectivity index (χ3v) is 3.88. The van der Waals surface area contributed by atoms with E-state index in [4.69, 9.17) is 23.1 Å². The van der Waals surface area contributed by atoms with Crippen molar-refractivity contribution in [2.75, 3.05) is 11.1 Å². The average molecular weight is 393 g/mol. The van der Waals surface area contributed by atoms with E-state index in [0.29, 0.717) is 0 Å². The zero-order valence-corrected chi connectivity index (χ0v) is 15.7. The minimum absolute atomic E-state index is 0.0179. The number of amides is 1. The SMILES string of the molecule is CC(C)Nc1nc(N)c(C(=O)/N=C(/N)NS(=O)(=O)NC(C)C)nc1Cl. The summed E-state index contributed by atoms with van der Waals surface area (Å²) in [6.07, 6.45) is 0. The minimum Gasteiger partial charge on any atom is -0.382 e. The molecule has 11 nitrogen and oxygen atoms in total. The summed E-state index contributed by atoms with van der Waals surface area (Å²) in [6.45, 7) is 6.94. The molecule has 0 spiro atoms. The van der Waals surface area contributed by atoms with E-state index in [0.717, 1.165) is 0 Å². The Morgan fingerprint density at radius 1 is 1.20 bits per heavy atom. The summed E-state index contributed by atoms with van der Waals surface area (Å²) in [5, 5.41) is 2.83. The van der Waals surface area contributed by atoms with Gasteiger partial charge in [0.1, 0.15) is 0 Å². The van der Waals surface area contributed by atoms with Crippen LogP contribution < -0.4 is 26.2 Å². The Bertz CT molecular complexity index is 779. The maximum Gasteiger partial charge on any atom is 0.302 e. The van der Waals surface area contributed by atoms with Gasteiger partial charge in [0.25, 0.3) is 0 Å². The van der Waals surface area contributed by atoms with Crippen molar-refractivity contribution in [2.45, 2.75) is 39.8 Å². The fourth-order valence-electron chi connectivity index (χ4n) is 1.61. The zero-order valence-electron chi connectivity index (χ0n) is 14.2. The molecular formula is C12H21ClN8O3S. The maximum atomic E-state index is 12.1. The molecule has 0 fully saturated rings. The zero-order chi connectivity index (χ0) is 19.4. The van der Waals surface area contributed by atoms with Crippen LogP contribution in [0, 0.1) is 0 Å². The van der Waals surface area contributed by atoms with E-state index in [1.54, 1.807) is 13.8 Å². The number of nitrogens with one attached hydrogen (secondary N) is 3. The van der Waals surface area contributed by atoms with Crippen LogP contribution in [0.25, 0.3) is 0 Å². The fraction of sp³-hybridized carbons (Fsp3) is 0.500. The molecular weight excluding hydrogens is 372 g/mol. The molecule has 0 saturated heterocycles. The van der Waals surface area contributed by atoms with Crippen molar-refractivity contribution < 1.29 is 13.2 Å². The highest BCUT2D eigenvalue weighted by atomic mass is 35.5. The van der Waals surface area contributed by atoms with Gasteiger partial charge in [-0.3, -0.25) is 4.79 Å². The van der Waals surface area contributed by atoms with E-state index >= 15 is 0 Å². The number of anilines is 2. The number of carbonyl (C=O) groups excluding carboxylic acids is 1. The van der Waals surface area contributed by atoms with Gasteiger partial charge in [-0.25, -0.2) is 14.7 Å². The first kappa shape index (κ1) is 20.9. The monoisotopic (exact) mass is 392 g/mol. The van der Waals surface area contributed by atoms with Gasteiger partial charge in [-0.2, -0.15) is 18.1 Å². The van der Waals surface area contributed by atoms with E-state index in [-0.39, 0.29) is 34.6 Å². The molecule has 7 N–H and O–H groups in total. The maximum absolute atomic E-state index is 12.1. The van der Waals surface area contributed by atoms with Crippen molar-refractivity contribution in [1.29, 1.82) is 0 Å². The number of aromatic nitrogens is 2. The molecule has 0 atom stereocenters. The minimum atomic E-state index is -3.96. The van der Waals surface area contributed by atoms with Crippen molar-refractivity contribution in [1.82, 2.24) is 19.4 Å². The summed E-state index contributed by atoms with van der Waals surface area (Å²) in [4.78, 5) is 23.3. The summed E-state index contributed by atoms with van der Waals surface area (Å²) in [5.74, 6) is -1.66. The number of carbonyl (C=O) groups is 1. The Morgan fingerprint density at radius 3 is 2.32 bits per heavy atom. The number of hydrogen-bond donors (Lipinski definition) is 5. The van der Waals surface area contributed by atoms with Crippen LogP contribution >= 0.6 is 11.6 Å². The summed E-state index contributed by atoms with van der Waals surface area (Å²) in [5.41, 5.74) is 10.8. The number of halogens is 1. The third kappa shape index (κ3) is 6.68. The van der Waals surface area contributed by atoms with E-state index in [9.17, 15) is 13.2 Å². The number of aliphatic imine (C=N–C) groups is 1. The van der Waals surface area contributed by atoms with Crippen LogP contribution in [0.4, 0.5) is 11.6 Å². The van der Waals surface area contributed by atoms with Crippen LogP contribution in [0.1, 0.15) is 38.2 Å². The predicted octanol–water partition coefficient (Wildman–Crippen LogP) is -0.180. The summed E-state index contributed by atoms with van der Waals surface area (Å²) < 4.78 is 27.4. The first-order chi connectivity index (χ1) is 11.4. The van der Waals surface area contributed by atoms with Gasteiger partial charge in [-0.1, -0.05) is 11.6 Å². The van der Waals surface area contributed by atoms with Gasteiger partial charge in [-0.05, 0) is 27.7 Å². The van der Waals surface area contributed by atoms with E-state index in [1.807, 2.05) is 18.6 Å². The van der Waals surface area contributed by atoms with Crippen LogP contribution in [0.3, 0.4) is 0 Å². The van der Waals surface area contributed by atoms with Crippen molar-refractivity contribution in [3.05, 3.63) is 10.8 Å².